The molecular weight excluding hydrogens is 364 g/mol. The van der Waals surface area contributed by atoms with Gasteiger partial charge in [0.25, 0.3) is 5.69 Å². The molecule has 9 nitrogen and oxygen atoms in total. The number of nitrogens with one attached hydrogen (secondary N) is 1. The number of benzene rings is 2. The number of oxazole rings is 1. The van der Waals surface area contributed by atoms with E-state index < -0.39 is 23.1 Å². The molecule has 10 heteroatoms. The average Bonchev–Trinajstić information content (AvgIpc) is 2.90. The predicted molar refractivity (Wildman–Crippen MR) is 91.9 cm³/mol. The summed E-state index contributed by atoms with van der Waals surface area (Å²) in [6.45, 7) is -0.402. The van der Waals surface area contributed by atoms with E-state index in [1.165, 1.54) is 30.3 Å². The molecule has 0 atom stereocenters. The highest BCUT2D eigenvalue weighted by molar-refractivity contribution is 6.31. The van der Waals surface area contributed by atoms with E-state index >= 15 is 0 Å². The van der Waals surface area contributed by atoms with Gasteiger partial charge in [-0.25, -0.2) is 4.79 Å². The lowest BCUT2D eigenvalue weighted by molar-refractivity contribution is -0.384. The van der Waals surface area contributed by atoms with Crippen LogP contribution < -0.4 is 11.1 Å². The van der Waals surface area contributed by atoms with Crippen LogP contribution in [0, 0.1) is 21.4 Å². The van der Waals surface area contributed by atoms with Gasteiger partial charge in [0.05, 0.1) is 27.8 Å². The third kappa shape index (κ3) is 3.26. The van der Waals surface area contributed by atoms with Crippen molar-refractivity contribution in [2.45, 2.75) is 6.54 Å². The SMILES string of the molecule is N#Cc1ccc(Cl)cc1NC(=O)Cn1c(=O)oc2cc([N+](=O)[O-])ccc21. The molecule has 3 aromatic rings. The minimum atomic E-state index is -0.831. The number of carbonyl (C=O) groups excluding carboxylic acids is 1. The summed E-state index contributed by atoms with van der Waals surface area (Å²) in [6.07, 6.45) is 0. The number of halogens is 1. The van der Waals surface area contributed by atoms with E-state index in [0.717, 1.165) is 10.6 Å². The number of nitrogens with zero attached hydrogens (tertiary/aromatic N) is 3. The molecule has 1 heterocycles. The van der Waals surface area contributed by atoms with Crippen molar-refractivity contribution in [1.82, 2.24) is 4.57 Å². The van der Waals surface area contributed by atoms with Crippen LogP contribution in [0.25, 0.3) is 11.1 Å². The van der Waals surface area contributed by atoms with Gasteiger partial charge in [0, 0.05) is 11.1 Å². The molecule has 0 saturated heterocycles. The standard InChI is InChI=1S/C16H9ClN4O5/c17-10-2-1-9(7-18)12(5-10)19-15(22)8-20-13-4-3-11(21(24)25)6-14(13)26-16(20)23/h1-6H,8H2,(H,19,22). The first-order valence-electron chi connectivity index (χ1n) is 7.16. The molecule has 0 bridgehead atoms. The third-order valence-electron chi connectivity index (χ3n) is 3.54. The number of fused-ring (bicyclic) bond motifs is 1. The number of carbonyl (C=O) groups is 1. The zero-order valence-electron chi connectivity index (χ0n) is 12.9. The van der Waals surface area contributed by atoms with Gasteiger partial charge in [-0.3, -0.25) is 19.5 Å². The van der Waals surface area contributed by atoms with Gasteiger partial charge >= 0.3 is 5.76 Å². The van der Waals surface area contributed by atoms with Crippen molar-refractivity contribution >= 4 is 40.0 Å². The molecule has 0 unspecified atom stereocenters. The number of anilines is 1. The first-order valence-corrected chi connectivity index (χ1v) is 7.54. The van der Waals surface area contributed by atoms with Crippen LogP contribution >= 0.6 is 11.6 Å². The van der Waals surface area contributed by atoms with E-state index in [9.17, 15) is 19.7 Å². The van der Waals surface area contributed by atoms with Crippen LogP contribution in [0.1, 0.15) is 5.56 Å². The number of nitro groups is 1. The van der Waals surface area contributed by atoms with Gasteiger partial charge in [0.15, 0.2) is 5.58 Å². The van der Waals surface area contributed by atoms with Gasteiger partial charge in [-0.05, 0) is 24.3 Å². The van der Waals surface area contributed by atoms with Crippen LogP contribution in [0.2, 0.25) is 5.02 Å². The molecule has 1 aromatic heterocycles. The van der Waals surface area contributed by atoms with Gasteiger partial charge < -0.3 is 9.73 Å². The van der Waals surface area contributed by atoms with Crippen molar-refractivity contribution in [3.05, 3.63) is 67.6 Å². The largest absolute Gasteiger partial charge is 0.420 e. The van der Waals surface area contributed by atoms with Crippen molar-refractivity contribution in [2.24, 2.45) is 0 Å². The minimum Gasteiger partial charge on any atom is -0.407 e. The van der Waals surface area contributed by atoms with Crippen LogP contribution in [-0.4, -0.2) is 15.4 Å². The molecule has 0 spiro atoms. The number of nitriles is 1. The second-order valence-corrected chi connectivity index (χ2v) is 5.65. The number of hydrogen-bond acceptors (Lipinski definition) is 6. The van der Waals surface area contributed by atoms with Crippen molar-refractivity contribution < 1.29 is 14.1 Å². The molecular formula is C16H9ClN4O5. The van der Waals surface area contributed by atoms with Crippen molar-refractivity contribution in [2.75, 3.05) is 5.32 Å². The maximum Gasteiger partial charge on any atom is 0.420 e. The zero-order valence-corrected chi connectivity index (χ0v) is 13.7. The van der Waals surface area contributed by atoms with Crippen LogP contribution in [-0.2, 0) is 11.3 Å². The maximum atomic E-state index is 12.3. The van der Waals surface area contributed by atoms with Crippen LogP contribution in [0.5, 0.6) is 0 Å². The van der Waals surface area contributed by atoms with Crippen molar-refractivity contribution in [1.29, 1.82) is 5.26 Å². The molecule has 130 valence electrons. The molecule has 0 fully saturated rings. The first-order chi connectivity index (χ1) is 12.4. The fourth-order valence-corrected chi connectivity index (χ4v) is 2.54. The fraction of sp³-hybridized carbons (Fsp3) is 0.0625. The summed E-state index contributed by atoms with van der Waals surface area (Å²) < 4.78 is 5.99. The quantitative estimate of drug-likeness (QED) is 0.553. The summed E-state index contributed by atoms with van der Waals surface area (Å²) in [5, 5.41) is 22.7. The maximum absolute atomic E-state index is 12.3. The second kappa shape index (κ2) is 6.70. The van der Waals surface area contributed by atoms with Gasteiger partial charge in [-0.2, -0.15) is 5.26 Å². The van der Waals surface area contributed by atoms with Crippen LogP contribution in [0.3, 0.4) is 0 Å². The normalized spacial score (nSPS) is 10.5. The first kappa shape index (κ1) is 17.2. The van der Waals surface area contributed by atoms with E-state index in [1.807, 2.05) is 6.07 Å². The Hall–Kier alpha value is -3.64. The Morgan fingerprint density at radius 3 is 2.81 bits per heavy atom. The number of non-ortho nitro benzene ring substituents is 1. The molecule has 0 aliphatic carbocycles. The fourth-order valence-electron chi connectivity index (χ4n) is 2.37. The van der Waals surface area contributed by atoms with E-state index in [2.05, 4.69) is 5.32 Å². The summed E-state index contributed by atoms with van der Waals surface area (Å²) in [4.78, 5) is 34.4. The van der Waals surface area contributed by atoms with Gasteiger partial charge in [-0.15, -0.1) is 0 Å². The lowest BCUT2D eigenvalue weighted by Gasteiger charge is -2.08. The molecule has 0 radical (unpaired) electrons. The number of amides is 1. The average molecular weight is 373 g/mol. The van der Waals surface area contributed by atoms with Gasteiger partial charge in [0.1, 0.15) is 12.6 Å². The molecule has 1 N–H and O–H groups in total. The molecule has 0 aliphatic rings. The monoisotopic (exact) mass is 372 g/mol. The van der Waals surface area contributed by atoms with Crippen LogP contribution in [0.15, 0.2) is 45.6 Å². The van der Waals surface area contributed by atoms with Gasteiger partial charge in [0.2, 0.25) is 5.91 Å². The lowest BCUT2D eigenvalue weighted by atomic mass is 10.2. The molecule has 0 aliphatic heterocycles. The number of hydrogen-bond donors (Lipinski definition) is 1. The topological polar surface area (TPSA) is 131 Å². The molecule has 0 saturated carbocycles. The summed E-state index contributed by atoms with van der Waals surface area (Å²) in [5.74, 6) is -1.42. The summed E-state index contributed by atoms with van der Waals surface area (Å²) in [7, 11) is 0. The Bertz CT molecular complexity index is 1140. The highest BCUT2D eigenvalue weighted by atomic mass is 35.5. The molecule has 2 aromatic carbocycles. The summed E-state index contributed by atoms with van der Waals surface area (Å²) in [6, 6.07) is 9.94. The van der Waals surface area contributed by atoms with Crippen molar-refractivity contribution in [3.8, 4) is 6.07 Å². The van der Waals surface area contributed by atoms with E-state index in [1.54, 1.807) is 0 Å². The highest BCUT2D eigenvalue weighted by Crippen LogP contribution is 2.22. The lowest BCUT2D eigenvalue weighted by Crippen LogP contribution is -2.25. The summed E-state index contributed by atoms with van der Waals surface area (Å²) in [5.41, 5.74) is 0.421. The predicted octanol–water partition coefficient (Wildman–Crippen LogP) is 2.67. The van der Waals surface area contributed by atoms with E-state index in [0.29, 0.717) is 5.02 Å². The molecule has 26 heavy (non-hydrogen) atoms. The smallest absolute Gasteiger partial charge is 0.407 e. The number of aromatic nitrogens is 1. The Morgan fingerprint density at radius 2 is 2.12 bits per heavy atom. The Morgan fingerprint density at radius 1 is 1.35 bits per heavy atom. The Balaban J connectivity index is 1.90. The highest BCUT2D eigenvalue weighted by Gasteiger charge is 2.17. The molecule has 3 rings (SSSR count). The number of nitro benzene ring substituents is 1. The van der Waals surface area contributed by atoms with Crippen LogP contribution in [0.4, 0.5) is 11.4 Å². The zero-order chi connectivity index (χ0) is 18.8. The second-order valence-electron chi connectivity index (χ2n) is 5.21. The minimum absolute atomic E-state index is 0.00234. The van der Waals surface area contributed by atoms with Crippen molar-refractivity contribution in [3.63, 3.8) is 0 Å². The summed E-state index contributed by atoms with van der Waals surface area (Å²) >= 11 is 5.86. The third-order valence-corrected chi connectivity index (χ3v) is 3.78. The number of rotatable bonds is 4. The molecule has 1 amide bonds. The van der Waals surface area contributed by atoms with Gasteiger partial charge in [-0.1, -0.05) is 11.6 Å². The van der Waals surface area contributed by atoms with E-state index in [-0.39, 0.29) is 28.0 Å². The van der Waals surface area contributed by atoms with E-state index in [4.69, 9.17) is 21.3 Å². The Labute approximate surface area is 150 Å². The Kier molecular flexibility index (Phi) is 4.43.